The Hall–Kier alpha value is -3.28. The summed E-state index contributed by atoms with van der Waals surface area (Å²) in [5, 5.41) is 2.89. The Balaban J connectivity index is 1.66. The summed E-state index contributed by atoms with van der Waals surface area (Å²) in [4.78, 5) is 24.1. The van der Waals surface area contributed by atoms with Crippen LogP contribution in [-0.2, 0) is 0 Å². The third kappa shape index (κ3) is 4.90. The average Bonchev–Trinajstić information content (AvgIpc) is 2.80. The maximum absolute atomic E-state index is 14.1. The molecule has 1 aliphatic heterocycles. The van der Waals surface area contributed by atoms with Crippen molar-refractivity contribution in [3.63, 3.8) is 0 Å². The van der Waals surface area contributed by atoms with Gasteiger partial charge in [-0.05, 0) is 75.1 Å². The van der Waals surface area contributed by atoms with Crippen molar-refractivity contribution in [2.45, 2.75) is 39.2 Å². The number of nitrogens with one attached hydrogen (secondary N) is 1. The molecule has 0 saturated carbocycles. The van der Waals surface area contributed by atoms with Gasteiger partial charge in [-0.25, -0.2) is 4.39 Å². The zero-order valence-corrected chi connectivity index (χ0v) is 17.9. The molecule has 0 unspecified atom stereocenters. The van der Waals surface area contributed by atoms with Gasteiger partial charge in [0.25, 0.3) is 5.91 Å². The van der Waals surface area contributed by atoms with E-state index in [4.69, 9.17) is 0 Å². The smallest absolute Gasteiger partial charge is 0.251 e. The van der Waals surface area contributed by atoms with Crippen molar-refractivity contribution in [1.29, 1.82) is 0 Å². The first kappa shape index (κ1) is 21.0. The highest BCUT2D eigenvalue weighted by atomic mass is 19.1. The lowest BCUT2D eigenvalue weighted by molar-refractivity contribution is 0.0938. The fourth-order valence-corrected chi connectivity index (χ4v) is 3.93. The molecule has 160 valence electrons. The molecule has 4 rings (SSSR count). The molecular weight excluding hydrogens is 391 g/mol. The monoisotopic (exact) mass is 418 g/mol. The number of aryl methyl sites for hydroxylation is 1. The molecule has 3 heterocycles. The Morgan fingerprint density at radius 3 is 2.61 bits per heavy atom. The summed E-state index contributed by atoms with van der Waals surface area (Å²) in [6, 6.07) is 12.2. The molecule has 0 aliphatic carbocycles. The van der Waals surface area contributed by atoms with E-state index >= 15 is 0 Å². The van der Waals surface area contributed by atoms with Crippen LogP contribution < -0.4 is 10.2 Å². The number of anilines is 1. The molecule has 5 nitrogen and oxygen atoms in total. The molecule has 2 aromatic heterocycles. The third-order valence-electron chi connectivity index (χ3n) is 5.65. The molecule has 1 N–H and O–H groups in total. The number of carbonyl (C=O) groups is 1. The number of nitrogens with zero attached hydrogens (tertiary/aromatic N) is 3. The van der Waals surface area contributed by atoms with E-state index in [-0.39, 0.29) is 11.6 Å². The molecule has 1 aliphatic rings. The second-order valence-electron chi connectivity index (χ2n) is 8.10. The lowest BCUT2D eigenvalue weighted by atomic mass is 10.0. The van der Waals surface area contributed by atoms with Crippen LogP contribution in [0.1, 0.15) is 53.8 Å². The molecule has 1 amide bonds. The zero-order chi connectivity index (χ0) is 21.8. The van der Waals surface area contributed by atoms with Gasteiger partial charge < -0.3 is 10.2 Å². The van der Waals surface area contributed by atoms with Gasteiger partial charge in [0.1, 0.15) is 5.82 Å². The Labute approximate surface area is 182 Å². The van der Waals surface area contributed by atoms with E-state index in [0.29, 0.717) is 5.56 Å². The number of carbonyl (C=O) groups excluding carboxylic acids is 1. The van der Waals surface area contributed by atoms with E-state index in [1.54, 1.807) is 6.92 Å². The van der Waals surface area contributed by atoms with Crippen LogP contribution >= 0.6 is 0 Å². The van der Waals surface area contributed by atoms with Crippen LogP contribution in [0.4, 0.5) is 10.1 Å². The summed E-state index contributed by atoms with van der Waals surface area (Å²) in [5.41, 5.74) is 4.57. The highest BCUT2D eigenvalue weighted by Crippen LogP contribution is 2.28. The predicted molar refractivity (Wildman–Crippen MR) is 121 cm³/mol. The van der Waals surface area contributed by atoms with Gasteiger partial charge in [0.05, 0.1) is 17.4 Å². The molecule has 1 atom stereocenters. The molecule has 1 aromatic carbocycles. The zero-order valence-electron chi connectivity index (χ0n) is 17.9. The Morgan fingerprint density at radius 2 is 1.90 bits per heavy atom. The highest BCUT2D eigenvalue weighted by Gasteiger charge is 2.19. The van der Waals surface area contributed by atoms with Gasteiger partial charge in [0, 0.05) is 42.3 Å². The van der Waals surface area contributed by atoms with Gasteiger partial charge >= 0.3 is 0 Å². The summed E-state index contributed by atoms with van der Waals surface area (Å²) >= 11 is 0. The van der Waals surface area contributed by atoms with Gasteiger partial charge in [0.2, 0.25) is 0 Å². The second-order valence-corrected chi connectivity index (χ2v) is 8.10. The quantitative estimate of drug-likeness (QED) is 0.628. The summed E-state index contributed by atoms with van der Waals surface area (Å²) < 4.78 is 14.1. The first-order valence-corrected chi connectivity index (χ1v) is 10.8. The number of amides is 1. The minimum absolute atomic E-state index is 0.225. The Bertz CT molecular complexity index is 1060. The van der Waals surface area contributed by atoms with Gasteiger partial charge in [0.15, 0.2) is 0 Å². The maximum atomic E-state index is 14.1. The lowest BCUT2D eigenvalue weighted by Gasteiger charge is -2.29. The van der Waals surface area contributed by atoms with E-state index in [1.165, 1.54) is 24.8 Å². The molecule has 31 heavy (non-hydrogen) atoms. The van der Waals surface area contributed by atoms with E-state index < -0.39 is 11.9 Å². The molecule has 3 aromatic rings. The number of halogens is 1. The van der Waals surface area contributed by atoms with Crippen LogP contribution in [0.25, 0.3) is 11.3 Å². The number of hydrogen-bond donors (Lipinski definition) is 1. The second kappa shape index (κ2) is 9.25. The van der Waals surface area contributed by atoms with Crippen LogP contribution in [0, 0.1) is 12.7 Å². The van der Waals surface area contributed by atoms with E-state index in [0.717, 1.165) is 48.4 Å². The standard InChI is InChI=1S/C25H27FN4O/c1-17-8-9-23(28-16-17)19-13-20(15-21(14-19)30-11-4-3-5-12-30)25(31)29-18(2)24-22(26)7-6-10-27-24/h6-10,13-16,18H,3-5,11-12H2,1-2H3,(H,29,31)/t18-/m1/s1. The van der Waals surface area contributed by atoms with Gasteiger partial charge in [-0.1, -0.05) is 6.07 Å². The van der Waals surface area contributed by atoms with Crippen molar-refractivity contribution in [2.24, 2.45) is 0 Å². The summed E-state index contributed by atoms with van der Waals surface area (Å²) in [5.74, 6) is -0.688. The van der Waals surface area contributed by atoms with Crippen LogP contribution in [0.2, 0.25) is 0 Å². The molecular formula is C25H27FN4O. The number of pyridine rings is 2. The first-order valence-electron chi connectivity index (χ1n) is 10.8. The van der Waals surface area contributed by atoms with Crippen molar-refractivity contribution < 1.29 is 9.18 Å². The van der Waals surface area contributed by atoms with Crippen LogP contribution in [-0.4, -0.2) is 29.0 Å². The van der Waals surface area contributed by atoms with Crippen LogP contribution in [0.5, 0.6) is 0 Å². The minimum atomic E-state index is -0.548. The van der Waals surface area contributed by atoms with E-state index in [9.17, 15) is 9.18 Å². The minimum Gasteiger partial charge on any atom is -0.371 e. The van der Waals surface area contributed by atoms with Crippen LogP contribution in [0.15, 0.2) is 54.9 Å². The SMILES string of the molecule is Cc1ccc(-c2cc(C(=O)N[C@H](C)c3ncccc3F)cc(N3CCCCC3)c2)nc1. The normalized spacial score (nSPS) is 14.9. The number of rotatable bonds is 5. The van der Waals surface area contributed by atoms with Gasteiger partial charge in [-0.2, -0.15) is 0 Å². The summed E-state index contributed by atoms with van der Waals surface area (Å²) in [7, 11) is 0. The fourth-order valence-electron chi connectivity index (χ4n) is 3.93. The van der Waals surface area contributed by atoms with Crippen molar-refractivity contribution in [3.8, 4) is 11.3 Å². The average molecular weight is 419 g/mol. The lowest BCUT2D eigenvalue weighted by Crippen LogP contribution is -2.31. The topological polar surface area (TPSA) is 58.1 Å². The molecule has 1 fully saturated rings. The van der Waals surface area contributed by atoms with Crippen LogP contribution in [0.3, 0.4) is 0 Å². The van der Waals surface area contributed by atoms with Crippen molar-refractivity contribution >= 4 is 11.6 Å². The fraction of sp³-hybridized carbons (Fsp3) is 0.320. The van der Waals surface area contributed by atoms with E-state index in [1.807, 2.05) is 37.4 Å². The molecule has 1 saturated heterocycles. The number of benzene rings is 1. The predicted octanol–water partition coefficient (Wildman–Crippen LogP) is 5.07. The summed E-state index contributed by atoms with van der Waals surface area (Å²) in [6.07, 6.45) is 6.87. The highest BCUT2D eigenvalue weighted by molar-refractivity contribution is 5.97. The van der Waals surface area contributed by atoms with E-state index in [2.05, 4.69) is 26.3 Å². The summed E-state index contributed by atoms with van der Waals surface area (Å²) in [6.45, 7) is 5.68. The maximum Gasteiger partial charge on any atom is 0.251 e. The Kier molecular flexibility index (Phi) is 6.26. The first-order chi connectivity index (χ1) is 15.0. The van der Waals surface area contributed by atoms with Gasteiger partial charge in [-0.15, -0.1) is 0 Å². The molecule has 0 spiro atoms. The van der Waals surface area contributed by atoms with Crippen molar-refractivity contribution in [3.05, 3.63) is 77.5 Å². The van der Waals surface area contributed by atoms with Gasteiger partial charge in [-0.3, -0.25) is 14.8 Å². The largest absolute Gasteiger partial charge is 0.371 e. The third-order valence-corrected chi connectivity index (χ3v) is 5.65. The van der Waals surface area contributed by atoms with Crippen molar-refractivity contribution in [1.82, 2.24) is 15.3 Å². The Morgan fingerprint density at radius 1 is 1.10 bits per heavy atom. The molecule has 0 radical (unpaired) electrons. The molecule has 6 heteroatoms. The number of aromatic nitrogens is 2. The van der Waals surface area contributed by atoms with Crippen molar-refractivity contribution in [2.75, 3.05) is 18.0 Å². The number of hydrogen-bond acceptors (Lipinski definition) is 4. The number of piperidine rings is 1. The molecule has 0 bridgehead atoms.